The maximum absolute atomic E-state index is 13.3. The Morgan fingerprint density at radius 3 is 2.24 bits per heavy atom. The number of benzene rings is 2. The van der Waals surface area contributed by atoms with Gasteiger partial charge in [0, 0.05) is 25.8 Å². The van der Waals surface area contributed by atoms with Gasteiger partial charge < -0.3 is 4.90 Å². The summed E-state index contributed by atoms with van der Waals surface area (Å²) < 4.78 is 88.5. The summed E-state index contributed by atoms with van der Waals surface area (Å²) in [7, 11) is -7.69. The van der Waals surface area contributed by atoms with E-state index in [0.29, 0.717) is 18.1 Å². The minimum atomic E-state index is -4.68. The second-order valence-corrected chi connectivity index (χ2v) is 13.5. The predicted octanol–water partition coefficient (Wildman–Crippen LogP) is 4.10. The molecule has 0 N–H and O–H groups in total. The van der Waals surface area contributed by atoms with E-state index in [0.717, 1.165) is 24.5 Å². The van der Waals surface area contributed by atoms with Crippen molar-refractivity contribution >= 4 is 25.6 Å². The van der Waals surface area contributed by atoms with Gasteiger partial charge in [-0.3, -0.25) is 4.79 Å². The molecule has 0 bridgehead atoms. The Morgan fingerprint density at radius 1 is 1.00 bits per heavy atom. The molecule has 2 aromatic carbocycles. The van der Waals surface area contributed by atoms with E-state index in [2.05, 4.69) is 0 Å². The maximum Gasteiger partial charge on any atom is 0.416 e. The van der Waals surface area contributed by atoms with Gasteiger partial charge in [-0.2, -0.15) is 13.2 Å². The van der Waals surface area contributed by atoms with Gasteiger partial charge in [-0.1, -0.05) is 24.3 Å². The average Bonchev–Trinajstić information content (AvgIpc) is 2.74. The fourth-order valence-electron chi connectivity index (χ4n) is 4.20. The van der Waals surface area contributed by atoms with E-state index in [-0.39, 0.29) is 30.3 Å². The van der Waals surface area contributed by atoms with Crippen molar-refractivity contribution in [2.24, 2.45) is 5.92 Å². The summed E-state index contributed by atoms with van der Waals surface area (Å²) in [4.78, 5) is 14.1. The van der Waals surface area contributed by atoms with Crippen LogP contribution in [0.1, 0.15) is 37.8 Å². The number of rotatable bonds is 6. The standard InChI is InChI=1S/C23H26F3NO5S2/c1-22(2,34(31,32)19-9-6-8-18(13-19)23(24,25)26)17-11-12-27(21(28)14-17)15-16-7-4-5-10-20(16)33(3,29)30/h4-10,13,17H,11-12,14-15H2,1-3H3. The number of hydrogen-bond acceptors (Lipinski definition) is 5. The molecule has 1 aliphatic heterocycles. The number of halogens is 3. The molecule has 11 heteroatoms. The summed E-state index contributed by atoms with van der Waals surface area (Å²) in [5.41, 5.74) is -0.590. The van der Waals surface area contributed by atoms with Crippen LogP contribution in [0.15, 0.2) is 58.3 Å². The van der Waals surface area contributed by atoms with Crippen LogP contribution in [-0.2, 0) is 37.2 Å². The molecule has 3 rings (SSSR count). The van der Waals surface area contributed by atoms with Crippen LogP contribution in [0.2, 0.25) is 0 Å². The Morgan fingerprint density at radius 2 is 1.65 bits per heavy atom. The second-order valence-electron chi connectivity index (χ2n) is 9.02. The number of likely N-dealkylation sites (tertiary alicyclic amines) is 1. The second kappa shape index (κ2) is 8.99. The normalized spacial score (nSPS) is 18.2. The van der Waals surface area contributed by atoms with Crippen molar-refractivity contribution in [2.45, 2.75) is 53.9 Å². The van der Waals surface area contributed by atoms with Crippen LogP contribution in [0.25, 0.3) is 0 Å². The van der Waals surface area contributed by atoms with E-state index >= 15 is 0 Å². The summed E-state index contributed by atoms with van der Waals surface area (Å²) in [6, 6.07) is 9.97. The molecule has 1 aliphatic rings. The number of carbonyl (C=O) groups is 1. The molecule has 1 atom stereocenters. The highest BCUT2D eigenvalue weighted by molar-refractivity contribution is 7.92. The van der Waals surface area contributed by atoms with Gasteiger partial charge >= 0.3 is 6.18 Å². The molecular formula is C23H26F3NO5S2. The summed E-state index contributed by atoms with van der Waals surface area (Å²) in [5.74, 6) is -0.965. The molecule has 0 saturated carbocycles. The van der Waals surface area contributed by atoms with Crippen molar-refractivity contribution in [3.63, 3.8) is 0 Å². The average molecular weight is 518 g/mol. The van der Waals surface area contributed by atoms with Crippen LogP contribution in [-0.4, -0.2) is 45.2 Å². The molecule has 2 aromatic rings. The number of sulfone groups is 2. The summed E-state index contributed by atoms with van der Waals surface area (Å²) in [6.45, 7) is 3.11. The lowest BCUT2D eigenvalue weighted by Gasteiger charge is -2.40. The van der Waals surface area contributed by atoms with Crippen LogP contribution < -0.4 is 0 Å². The molecule has 1 fully saturated rings. The van der Waals surface area contributed by atoms with Crippen LogP contribution in [0.5, 0.6) is 0 Å². The van der Waals surface area contributed by atoms with Gasteiger partial charge in [0.05, 0.1) is 20.1 Å². The predicted molar refractivity (Wildman–Crippen MR) is 120 cm³/mol. The molecule has 0 spiro atoms. The van der Waals surface area contributed by atoms with E-state index < -0.39 is 47.0 Å². The van der Waals surface area contributed by atoms with E-state index in [1.54, 1.807) is 18.2 Å². The zero-order valence-electron chi connectivity index (χ0n) is 19.0. The molecule has 1 unspecified atom stereocenters. The SMILES string of the molecule is CC(C)(C1CCN(Cc2ccccc2S(C)(=O)=O)C(=O)C1)S(=O)(=O)c1cccc(C(F)(F)F)c1. The molecule has 34 heavy (non-hydrogen) atoms. The van der Waals surface area contributed by atoms with E-state index in [4.69, 9.17) is 0 Å². The number of hydrogen-bond donors (Lipinski definition) is 0. The molecule has 186 valence electrons. The molecule has 0 aromatic heterocycles. The summed E-state index contributed by atoms with van der Waals surface area (Å²) in [6.07, 6.45) is -3.41. The molecular weight excluding hydrogens is 491 g/mol. The van der Waals surface area contributed by atoms with Crippen molar-refractivity contribution in [3.8, 4) is 0 Å². The van der Waals surface area contributed by atoms with Crippen LogP contribution >= 0.6 is 0 Å². The fourth-order valence-corrected chi connectivity index (χ4v) is 6.93. The number of amides is 1. The topological polar surface area (TPSA) is 88.6 Å². The first-order chi connectivity index (χ1) is 15.5. The van der Waals surface area contributed by atoms with Crippen molar-refractivity contribution in [3.05, 3.63) is 59.7 Å². The molecule has 0 aliphatic carbocycles. The van der Waals surface area contributed by atoms with Crippen LogP contribution in [0.3, 0.4) is 0 Å². The van der Waals surface area contributed by atoms with E-state index in [9.17, 15) is 34.8 Å². The molecule has 0 radical (unpaired) electrons. The molecule has 6 nitrogen and oxygen atoms in total. The highest BCUT2D eigenvalue weighted by atomic mass is 32.2. The monoisotopic (exact) mass is 517 g/mol. The smallest absolute Gasteiger partial charge is 0.338 e. The third kappa shape index (κ3) is 5.14. The number of carbonyl (C=O) groups excluding carboxylic acids is 1. The van der Waals surface area contributed by atoms with Gasteiger partial charge in [-0.15, -0.1) is 0 Å². The lowest BCUT2D eigenvalue weighted by atomic mass is 9.85. The first kappa shape index (κ1) is 26.2. The Balaban J connectivity index is 1.82. The minimum absolute atomic E-state index is 0.0651. The third-order valence-corrected chi connectivity index (χ3v) is 10.2. The zero-order valence-corrected chi connectivity index (χ0v) is 20.6. The highest BCUT2D eigenvalue weighted by Crippen LogP contribution is 2.40. The Labute approximate surface area is 197 Å². The number of nitrogens with zero attached hydrogens (tertiary/aromatic N) is 1. The van der Waals surface area contributed by atoms with Gasteiger partial charge in [-0.25, -0.2) is 16.8 Å². The molecule has 1 heterocycles. The van der Waals surface area contributed by atoms with E-state index in [1.165, 1.54) is 24.8 Å². The van der Waals surface area contributed by atoms with Gasteiger partial charge in [0.1, 0.15) is 0 Å². The first-order valence-corrected chi connectivity index (χ1v) is 13.9. The van der Waals surface area contributed by atoms with Crippen molar-refractivity contribution < 1.29 is 34.8 Å². The van der Waals surface area contributed by atoms with Crippen molar-refractivity contribution in [1.29, 1.82) is 0 Å². The molecule has 1 saturated heterocycles. The first-order valence-electron chi connectivity index (χ1n) is 10.5. The third-order valence-electron chi connectivity index (χ3n) is 6.40. The molecule has 1 amide bonds. The Bertz CT molecular complexity index is 1300. The van der Waals surface area contributed by atoms with Gasteiger partial charge in [0.2, 0.25) is 5.91 Å². The largest absolute Gasteiger partial charge is 0.416 e. The van der Waals surface area contributed by atoms with Gasteiger partial charge in [-0.05, 0) is 56.0 Å². The summed E-state index contributed by atoms with van der Waals surface area (Å²) >= 11 is 0. The Kier molecular flexibility index (Phi) is 6.93. The van der Waals surface area contributed by atoms with Crippen LogP contribution in [0, 0.1) is 5.92 Å². The number of piperidine rings is 1. The quantitative estimate of drug-likeness (QED) is 0.576. The summed E-state index contributed by atoms with van der Waals surface area (Å²) in [5, 5.41) is 0. The van der Waals surface area contributed by atoms with Crippen LogP contribution in [0.4, 0.5) is 13.2 Å². The lowest BCUT2D eigenvalue weighted by Crippen LogP contribution is -2.48. The highest BCUT2D eigenvalue weighted by Gasteiger charge is 2.46. The maximum atomic E-state index is 13.3. The van der Waals surface area contributed by atoms with E-state index in [1.807, 2.05) is 0 Å². The number of alkyl halides is 3. The minimum Gasteiger partial charge on any atom is -0.338 e. The van der Waals surface area contributed by atoms with Gasteiger partial charge in [0.15, 0.2) is 19.7 Å². The Hall–Kier alpha value is -2.40. The zero-order chi connectivity index (χ0) is 25.5. The fraction of sp³-hybridized carbons (Fsp3) is 0.435. The van der Waals surface area contributed by atoms with Gasteiger partial charge in [0.25, 0.3) is 0 Å². The lowest BCUT2D eigenvalue weighted by molar-refractivity contribution is -0.138. The van der Waals surface area contributed by atoms with Crippen molar-refractivity contribution in [2.75, 3.05) is 12.8 Å². The van der Waals surface area contributed by atoms with Crippen molar-refractivity contribution in [1.82, 2.24) is 4.90 Å².